The molecule has 0 aliphatic carbocycles. The second-order valence-corrected chi connectivity index (χ2v) is 7.27. The van der Waals surface area contributed by atoms with Crippen molar-refractivity contribution in [2.24, 2.45) is 0 Å². The summed E-state index contributed by atoms with van der Waals surface area (Å²) in [6.07, 6.45) is 2.98. The number of aromatic nitrogens is 2. The fourth-order valence-corrected chi connectivity index (χ4v) is 3.77. The van der Waals surface area contributed by atoms with Gasteiger partial charge in [0.25, 0.3) is 0 Å². The Morgan fingerprint density at radius 2 is 2.00 bits per heavy atom. The zero-order valence-corrected chi connectivity index (χ0v) is 13.0. The van der Waals surface area contributed by atoms with E-state index in [1.54, 1.807) is 33.2 Å². The Labute approximate surface area is 122 Å². The monoisotopic (exact) mass is 312 g/mol. The van der Waals surface area contributed by atoms with Crippen molar-refractivity contribution in [1.82, 2.24) is 14.7 Å². The molecule has 0 saturated heterocycles. The van der Waals surface area contributed by atoms with Crippen LogP contribution in [0.5, 0.6) is 0 Å². The largest absolute Gasteiger partial charge is 0.373 e. The number of anilines is 1. The number of nitrogens with one attached hydrogen (secondary N) is 2. The van der Waals surface area contributed by atoms with E-state index in [1.165, 1.54) is 23.6 Å². The summed E-state index contributed by atoms with van der Waals surface area (Å²) in [5, 5.41) is 5.36. The van der Waals surface area contributed by atoms with Crippen molar-refractivity contribution in [2.75, 3.05) is 12.4 Å². The lowest BCUT2D eigenvalue weighted by Gasteiger charge is -2.23. The van der Waals surface area contributed by atoms with Crippen LogP contribution in [0, 0.1) is 0 Å². The van der Waals surface area contributed by atoms with Gasteiger partial charge in [-0.2, -0.15) is 4.72 Å². The first kappa shape index (κ1) is 14.9. The van der Waals surface area contributed by atoms with E-state index < -0.39 is 15.6 Å². The number of hydrogen-bond donors (Lipinski definition) is 2. The third-order valence-corrected chi connectivity index (χ3v) is 5.40. The van der Waals surface area contributed by atoms with Crippen LogP contribution < -0.4 is 10.0 Å². The highest BCUT2D eigenvalue weighted by atomic mass is 32.2. The lowest BCUT2D eigenvalue weighted by Crippen LogP contribution is -2.40. The molecular weight excluding hydrogens is 296 g/mol. The van der Waals surface area contributed by atoms with Gasteiger partial charge >= 0.3 is 0 Å². The molecular formula is C12H16N4O2S2. The smallest absolute Gasteiger partial charge is 0.242 e. The first-order chi connectivity index (χ1) is 9.35. The van der Waals surface area contributed by atoms with Crippen LogP contribution in [0.4, 0.5) is 5.82 Å². The highest BCUT2D eigenvalue weighted by molar-refractivity contribution is 7.89. The van der Waals surface area contributed by atoms with E-state index >= 15 is 0 Å². The molecule has 0 aliphatic rings. The van der Waals surface area contributed by atoms with E-state index in [-0.39, 0.29) is 4.90 Å². The van der Waals surface area contributed by atoms with Crippen molar-refractivity contribution in [2.45, 2.75) is 24.3 Å². The zero-order chi connectivity index (χ0) is 14.8. The molecule has 2 aromatic rings. The third-order valence-electron chi connectivity index (χ3n) is 2.66. The maximum atomic E-state index is 12.3. The molecule has 2 N–H and O–H groups in total. The Morgan fingerprint density at radius 1 is 1.25 bits per heavy atom. The molecule has 2 aromatic heterocycles. The Morgan fingerprint density at radius 3 is 2.50 bits per heavy atom. The van der Waals surface area contributed by atoms with Gasteiger partial charge in [0, 0.05) is 24.8 Å². The number of hydrogen-bond acceptors (Lipinski definition) is 6. The zero-order valence-electron chi connectivity index (χ0n) is 11.4. The minimum absolute atomic E-state index is 0.126. The fourth-order valence-electron chi connectivity index (χ4n) is 1.66. The molecule has 0 aromatic carbocycles. The fraction of sp³-hybridized carbons (Fsp3) is 0.333. The van der Waals surface area contributed by atoms with Crippen LogP contribution in [-0.4, -0.2) is 25.4 Å². The van der Waals surface area contributed by atoms with Gasteiger partial charge in [-0.05, 0) is 26.0 Å². The van der Waals surface area contributed by atoms with Crippen LogP contribution in [0.2, 0.25) is 0 Å². The Bertz CT molecular complexity index is 664. The lowest BCUT2D eigenvalue weighted by molar-refractivity contribution is 0.469. The van der Waals surface area contributed by atoms with Crippen molar-refractivity contribution in [3.8, 4) is 0 Å². The van der Waals surface area contributed by atoms with Gasteiger partial charge < -0.3 is 5.32 Å². The standard InChI is InChI=1S/C12H16N4O2S2/c1-12(2,11-14-6-7-19-11)16-20(17,18)9-4-5-10(13-3)15-8-9/h4-8,16H,1-3H3,(H,13,15). The Balaban J connectivity index is 2.26. The quantitative estimate of drug-likeness (QED) is 0.879. The molecule has 0 atom stereocenters. The lowest BCUT2D eigenvalue weighted by atomic mass is 10.1. The van der Waals surface area contributed by atoms with Crippen LogP contribution >= 0.6 is 11.3 Å². The summed E-state index contributed by atoms with van der Waals surface area (Å²) >= 11 is 1.41. The summed E-state index contributed by atoms with van der Waals surface area (Å²) in [5.41, 5.74) is -0.769. The molecule has 0 bridgehead atoms. The number of sulfonamides is 1. The van der Waals surface area contributed by atoms with Gasteiger partial charge in [0.1, 0.15) is 15.7 Å². The summed E-state index contributed by atoms with van der Waals surface area (Å²) in [6, 6.07) is 3.13. The molecule has 20 heavy (non-hydrogen) atoms. The number of pyridine rings is 1. The normalized spacial score (nSPS) is 12.3. The van der Waals surface area contributed by atoms with E-state index in [1.807, 2.05) is 5.38 Å². The molecule has 0 unspecified atom stereocenters. The molecule has 0 saturated carbocycles. The third kappa shape index (κ3) is 3.14. The van der Waals surface area contributed by atoms with Crippen molar-refractivity contribution >= 4 is 27.2 Å². The van der Waals surface area contributed by atoms with Gasteiger partial charge in [-0.1, -0.05) is 0 Å². The van der Waals surface area contributed by atoms with E-state index in [4.69, 9.17) is 0 Å². The van der Waals surface area contributed by atoms with E-state index in [2.05, 4.69) is 20.0 Å². The van der Waals surface area contributed by atoms with Crippen LogP contribution in [0.3, 0.4) is 0 Å². The average molecular weight is 312 g/mol. The summed E-state index contributed by atoms with van der Waals surface area (Å²) < 4.78 is 27.3. The first-order valence-corrected chi connectivity index (χ1v) is 8.29. The Kier molecular flexibility index (Phi) is 4.07. The molecule has 8 heteroatoms. The van der Waals surface area contributed by atoms with Crippen LogP contribution in [-0.2, 0) is 15.6 Å². The summed E-state index contributed by atoms with van der Waals surface area (Å²) in [7, 11) is -1.92. The second-order valence-electron chi connectivity index (χ2n) is 4.70. The molecule has 6 nitrogen and oxygen atoms in total. The maximum Gasteiger partial charge on any atom is 0.242 e. The second kappa shape index (κ2) is 5.47. The van der Waals surface area contributed by atoms with E-state index in [0.29, 0.717) is 10.8 Å². The van der Waals surface area contributed by atoms with Gasteiger partial charge in [0.05, 0.1) is 5.54 Å². The number of rotatable bonds is 5. The molecule has 0 amide bonds. The molecule has 2 heterocycles. The number of thiazole rings is 1. The number of nitrogens with zero attached hydrogens (tertiary/aromatic N) is 2. The molecule has 0 fully saturated rings. The van der Waals surface area contributed by atoms with Crippen LogP contribution in [0.15, 0.2) is 34.8 Å². The summed E-state index contributed by atoms with van der Waals surface area (Å²) in [6.45, 7) is 3.55. The van der Waals surface area contributed by atoms with Gasteiger partial charge in [-0.3, -0.25) is 0 Å². The predicted molar refractivity (Wildman–Crippen MR) is 79.2 cm³/mol. The van der Waals surface area contributed by atoms with Crippen LogP contribution in [0.25, 0.3) is 0 Å². The summed E-state index contributed by atoms with van der Waals surface area (Å²) in [4.78, 5) is 8.30. The maximum absolute atomic E-state index is 12.3. The topological polar surface area (TPSA) is 84.0 Å². The van der Waals surface area contributed by atoms with Crippen molar-refractivity contribution in [3.05, 3.63) is 34.9 Å². The minimum Gasteiger partial charge on any atom is -0.373 e. The predicted octanol–water partition coefficient (Wildman–Crippen LogP) is 1.79. The van der Waals surface area contributed by atoms with Crippen molar-refractivity contribution in [1.29, 1.82) is 0 Å². The highest BCUT2D eigenvalue weighted by Gasteiger charge is 2.30. The molecule has 0 radical (unpaired) electrons. The van der Waals surface area contributed by atoms with E-state index in [9.17, 15) is 8.42 Å². The Hall–Kier alpha value is -1.51. The van der Waals surface area contributed by atoms with Crippen molar-refractivity contribution in [3.63, 3.8) is 0 Å². The van der Waals surface area contributed by atoms with Gasteiger partial charge in [0.2, 0.25) is 10.0 Å². The van der Waals surface area contributed by atoms with Crippen LogP contribution in [0.1, 0.15) is 18.9 Å². The van der Waals surface area contributed by atoms with Gasteiger partial charge in [-0.25, -0.2) is 18.4 Å². The SMILES string of the molecule is CNc1ccc(S(=O)(=O)NC(C)(C)c2nccs2)cn1. The molecule has 2 rings (SSSR count). The highest BCUT2D eigenvalue weighted by Crippen LogP contribution is 2.24. The first-order valence-electron chi connectivity index (χ1n) is 5.93. The average Bonchev–Trinajstić information content (AvgIpc) is 2.92. The van der Waals surface area contributed by atoms with E-state index in [0.717, 1.165) is 0 Å². The molecule has 108 valence electrons. The summed E-state index contributed by atoms with van der Waals surface area (Å²) in [5.74, 6) is 0.614. The molecule has 0 aliphatic heterocycles. The minimum atomic E-state index is -3.64. The van der Waals surface area contributed by atoms with Gasteiger partial charge in [-0.15, -0.1) is 11.3 Å². The van der Waals surface area contributed by atoms with Gasteiger partial charge in [0.15, 0.2) is 0 Å². The van der Waals surface area contributed by atoms with Crippen molar-refractivity contribution < 1.29 is 8.42 Å². The molecule has 0 spiro atoms.